The molecule has 2 atom stereocenters. The smallest absolute Gasteiger partial charge is 0.338 e. The van der Waals surface area contributed by atoms with E-state index in [1.165, 1.54) is 14.2 Å². The third-order valence-corrected chi connectivity index (χ3v) is 7.06. The van der Waals surface area contributed by atoms with E-state index in [1.54, 1.807) is 12.1 Å². The molecule has 0 saturated carbocycles. The zero-order valence-electron chi connectivity index (χ0n) is 19.7. The summed E-state index contributed by atoms with van der Waals surface area (Å²) in [4.78, 5) is 38.5. The summed E-state index contributed by atoms with van der Waals surface area (Å²) in [6.07, 6.45) is 0. The lowest BCUT2D eigenvalue weighted by molar-refractivity contribution is -0.410. The van der Waals surface area contributed by atoms with E-state index < -0.39 is 23.1 Å². The second kappa shape index (κ2) is 8.16. The molecule has 2 heterocycles. The maximum absolute atomic E-state index is 12.9. The number of hydrogen-bond acceptors (Lipinski definition) is 6. The topological polar surface area (TPSA) is 71.1 Å². The summed E-state index contributed by atoms with van der Waals surface area (Å²) in [7, 11) is 2.56. The SMILES string of the molecule is COC(=O)c1cc2c(cc1C(=O)OC)C1(c3ccccc3)OOC2(c2ccccc2)c2ccccc21. The molecular formula is C30H22O6. The average Bonchev–Trinajstić information content (AvgIpc) is 2.96. The molecule has 6 nitrogen and oxygen atoms in total. The molecule has 4 aromatic rings. The fourth-order valence-electron chi connectivity index (χ4n) is 5.50. The monoisotopic (exact) mass is 478 g/mol. The van der Waals surface area contributed by atoms with E-state index in [-0.39, 0.29) is 11.1 Å². The van der Waals surface area contributed by atoms with Crippen LogP contribution in [0.25, 0.3) is 0 Å². The molecular weight excluding hydrogens is 456 g/mol. The fraction of sp³-hybridized carbons (Fsp3) is 0.133. The molecule has 0 fully saturated rings. The molecule has 0 amide bonds. The molecule has 178 valence electrons. The Bertz CT molecular complexity index is 1380. The van der Waals surface area contributed by atoms with E-state index in [1.807, 2.05) is 84.9 Å². The zero-order chi connectivity index (χ0) is 24.9. The van der Waals surface area contributed by atoms with Gasteiger partial charge in [0.15, 0.2) is 11.2 Å². The van der Waals surface area contributed by atoms with Gasteiger partial charge >= 0.3 is 11.9 Å². The van der Waals surface area contributed by atoms with Gasteiger partial charge in [0.25, 0.3) is 0 Å². The summed E-state index contributed by atoms with van der Waals surface area (Å²) in [5.41, 5.74) is 2.63. The quantitative estimate of drug-likeness (QED) is 0.300. The summed E-state index contributed by atoms with van der Waals surface area (Å²) in [5.74, 6) is -1.29. The Balaban J connectivity index is 1.80. The fourth-order valence-corrected chi connectivity index (χ4v) is 5.50. The minimum absolute atomic E-state index is 0.0928. The lowest BCUT2D eigenvalue weighted by Crippen LogP contribution is -2.53. The first-order valence-corrected chi connectivity index (χ1v) is 11.5. The van der Waals surface area contributed by atoms with E-state index >= 15 is 0 Å². The average molecular weight is 479 g/mol. The Hall–Kier alpha value is -4.26. The molecule has 3 aliphatic rings. The van der Waals surface area contributed by atoms with Crippen LogP contribution in [-0.2, 0) is 30.5 Å². The highest BCUT2D eigenvalue weighted by atomic mass is 17.2. The summed E-state index contributed by atoms with van der Waals surface area (Å²) in [6, 6.07) is 30.7. The van der Waals surface area contributed by atoms with Crippen LogP contribution in [-0.4, -0.2) is 26.2 Å². The van der Waals surface area contributed by atoms with Crippen LogP contribution in [0.1, 0.15) is 54.1 Å². The van der Waals surface area contributed by atoms with Crippen molar-refractivity contribution in [1.29, 1.82) is 0 Å². The molecule has 0 saturated heterocycles. The van der Waals surface area contributed by atoms with Gasteiger partial charge in [0.1, 0.15) is 0 Å². The van der Waals surface area contributed by atoms with Crippen molar-refractivity contribution in [2.75, 3.05) is 14.2 Å². The summed E-state index contributed by atoms with van der Waals surface area (Å²) in [5, 5.41) is 0. The number of ether oxygens (including phenoxy) is 2. The van der Waals surface area contributed by atoms with Crippen LogP contribution in [0, 0.1) is 0 Å². The molecule has 36 heavy (non-hydrogen) atoms. The first kappa shape index (κ1) is 22.2. The van der Waals surface area contributed by atoms with E-state index in [2.05, 4.69) is 0 Å². The van der Waals surface area contributed by atoms with E-state index in [0.717, 1.165) is 22.3 Å². The Kier molecular flexibility index (Phi) is 5.03. The second-order valence-corrected chi connectivity index (χ2v) is 8.73. The van der Waals surface area contributed by atoms with Gasteiger partial charge in [-0.2, -0.15) is 0 Å². The highest BCUT2D eigenvalue weighted by molar-refractivity contribution is 6.04. The lowest BCUT2D eigenvalue weighted by atomic mass is 9.62. The number of carbonyl (C=O) groups excluding carboxylic acids is 2. The minimum Gasteiger partial charge on any atom is -0.465 e. The maximum atomic E-state index is 12.9. The van der Waals surface area contributed by atoms with Gasteiger partial charge in [-0.25, -0.2) is 19.4 Å². The largest absolute Gasteiger partial charge is 0.465 e. The number of carbonyl (C=O) groups is 2. The number of esters is 2. The van der Waals surface area contributed by atoms with Crippen molar-refractivity contribution < 1.29 is 28.8 Å². The first-order chi connectivity index (χ1) is 17.6. The van der Waals surface area contributed by atoms with Crippen molar-refractivity contribution in [3.8, 4) is 0 Å². The molecule has 0 aromatic heterocycles. The van der Waals surface area contributed by atoms with Gasteiger partial charge in [-0.05, 0) is 23.3 Å². The normalized spacial score (nSPS) is 21.3. The van der Waals surface area contributed by atoms with Crippen LogP contribution in [0.3, 0.4) is 0 Å². The van der Waals surface area contributed by atoms with Crippen molar-refractivity contribution in [3.63, 3.8) is 0 Å². The number of fused-ring (bicyclic) bond motifs is 1. The molecule has 2 bridgehead atoms. The Morgan fingerprint density at radius 3 is 1.28 bits per heavy atom. The van der Waals surface area contributed by atoms with Crippen LogP contribution in [0.2, 0.25) is 0 Å². The molecule has 0 spiro atoms. The third-order valence-electron chi connectivity index (χ3n) is 7.06. The highest BCUT2D eigenvalue weighted by Crippen LogP contribution is 2.61. The number of benzene rings is 4. The molecule has 0 radical (unpaired) electrons. The zero-order valence-corrected chi connectivity index (χ0v) is 19.7. The number of rotatable bonds is 4. The molecule has 1 aliphatic carbocycles. The summed E-state index contributed by atoms with van der Waals surface area (Å²) in [6.45, 7) is 0. The summed E-state index contributed by atoms with van der Waals surface area (Å²) < 4.78 is 10.1. The van der Waals surface area contributed by atoms with Gasteiger partial charge in [-0.15, -0.1) is 0 Å². The second-order valence-electron chi connectivity index (χ2n) is 8.73. The number of methoxy groups -OCH3 is 2. The first-order valence-electron chi connectivity index (χ1n) is 11.5. The molecule has 7 rings (SSSR count). The van der Waals surface area contributed by atoms with Gasteiger partial charge in [-0.1, -0.05) is 84.9 Å². The van der Waals surface area contributed by atoms with E-state index in [0.29, 0.717) is 11.1 Å². The van der Waals surface area contributed by atoms with Crippen molar-refractivity contribution in [2.24, 2.45) is 0 Å². The maximum Gasteiger partial charge on any atom is 0.338 e. The van der Waals surface area contributed by atoms with Crippen molar-refractivity contribution in [2.45, 2.75) is 11.2 Å². The van der Waals surface area contributed by atoms with Crippen molar-refractivity contribution >= 4 is 11.9 Å². The molecule has 2 unspecified atom stereocenters. The van der Waals surface area contributed by atoms with Gasteiger partial charge < -0.3 is 9.47 Å². The molecule has 2 aliphatic heterocycles. The van der Waals surface area contributed by atoms with Crippen LogP contribution < -0.4 is 0 Å². The van der Waals surface area contributed by atoms with Gasteiger partial charge in [0.05, 0.1) is 25.3 Å². The van der Waals surface area contributed by atoms with Crippen molar-refractivity contribution in [1.82, 2.24) is 0 Å². The van der Waals surface area contributed by atoms with Gasteiger partial charge in [0, 0.05) is 22.3 Å². The standard InChI is InChI=1S/C30H22O6/c1-33-27(31)21-17-25-26(18-22(21)28(32)34-2)30(20-13-7-4-8-14-20)24-16-10-9-15-23(24)29(25,35-36-30)19-11-5-3-6-12-19/h3-18H,1-2H3. The molecule has 4 aromatic carbocycles. The minimum atomic E-state index is -1.18. The Labute approximate surface area is 207 Å². The lowest BCUT2D eigenvalue weighted by Gasteiger charge is -2.53. The predicted molar refractivity (Wildman–Crippen MR) is 130 cm³/mol. The van der Waals surface area contributed by atoms with E-state index in [4.69, 9.17) is 19.2 Å². The van der Waals surface area contributed by atoms with Crippen LogP contribution in [0.15, 0.2) is 97.1 Å². The van der Waals surface area contributed by atoms with E-state index in [9.17, 15) is 9.59 Å². The van der Waals surface area contributed by atoms with Crippen LogP contribution in [0.4, 0.5) is 0 Å². The number of hydrogen-bond donors (Lipinski definition) is 0. The summed E-state index contributed by atoms with van der Waals surface area (Å²) >= 11 is 0. The molecule has 0 N–H and O–H groups in total. The Morgan fingerprint density at radius 2 is 0.917 bits per heavy atom. The van der Waals surface area contributed by atoms with Crippen molar-refractivity contribution in [3.05, 3.63) is 142 Å². The van der Waals surface area contributed by atoms with Gasteiger partial charge in [-0.3, -0.25) is 0 Å². The predicted octanol–water partition coefficient (Wildman–Crippen LogP) is 5.12. The van der Waals surface area contributed by atoms with Gasteiger partial charge in [0.2, 0.25) is 0 Å². The Morgan fingerprint density at radius 1 is 0.556 bits per heavy atom. The van der Waals surface area contributed by atoms with Crippen LogP contribution in [0.5, 0.6) is 0 Å². The highest BCUT2D eigenvalue weighted by Gasteiger charge is 2.61. The molecule has 6 heteroatoms. The third kappa shape index (κ3) is 2.80. The van der Waals surface area contributed by atoms with Crippen LogP contribution >= 0.6 is 0 Å².